The number of hydrogen-bond donors (Lipinski definition) is 1. The van der Waals surface area contributed by atoms with Crippen LogP contribution < -0.4 is 14.8 Å². The van der Waals surface area contributed by atoms with E-state index in [0.717, 1.165) is 0 Å². The van der Waals surface area contributed by atoms with Gasteiger partial charge in [-0.1, -0.05) is 6.07 Å². The molecule has 1 amide bonds. The highest BCUT2D eigenvalue weighted by Gasteiger charge is 2.27. The zero-order valence-electron chi connectivity index (χ0n) is 19.1. The number of benzene rings is 1. The average Bonchev–Trinajstić information content (AvgIpc) is 2.68. The second-order valence-electron chi connectivity index (χ2n) is 7.82. The minimum Gasteiger partial charge on any atom is -0.493 e. The maximum absolute atomic E-state index is 12.6. The zero-order chi connectivity index (χ0) is 23.4. The Morgan fingerprint density at radius 3 is 2.32 bits per heavy atom. The van der Waals surface area contributed by atoms with Gasteiger partial charge in [-0.2, -0.15) is 0 Å². The number of carbonyl (C=O) groups excluding carboxylic acids is 3. The molecule has 0 heterocycles. The molecule has 0 bridgehead atoms. The molecule has 0 saturated heterocycles. The number of amides is 1. The molecule has 0 spiro atoms. The Labute approximate surface area is 183 Å². The van der Waals surface area contributed by atoms with Crippen LogP contribution in [0.25, 0.3) is 0 Å². The highest BCUT2D eigenvalue weighted by molar-refractivity contribution is 5.90. The summed E-state index contributed by atoms with van der Waals surface area (Å²) in [4.78, 5) is 36.6. The van der Waals surface area contributed by atoms with E-state index in [1.165, 1.54) is 14.2 Å². The van der Waals surface area contributed by atoms with Crippen LogP contribution in [0.1, 0.15) is 39.2 Å². The number of rotatable bonds is 12. The first-order valence-electron chi connectivity index (χ1n) is 9.97. The molecular weight excluding hydrogens is 406 g/mol. The molecule has 1 aromatic rings. The van der Waals surface area contributed by atoms with Gasteiger partial charge in [0.1, 0.15) is 17.4 Å². The van der Waals surface area contributed by atoms with Crippen LogP contribution in [0.4, 0.5) is 4.79 Å². The number of methoxy groups -OCH3 is 3. The first-order valence-corrected chi connectivity index (χ1v) is 9.97. The van der Waals surface area contributed by atoms with Gasteiger partial charge in [0.25, 0.3) is 0 Å². The van der Waals surface area contributed by atoms with Crippen LogP contribution in [0.2, 0.25) is 0 Å². The molecular formula is C22H33NO8. The summed E-state index contributed by atoms with van der Waals surface area (Å²) < 4.78 is 25.9. The lowest BCUT2D eigenvalue weighted by Gasteiger charge is -2.22. The maximum Gasteiger partial charge on any atom is 0.408 e. The molecule has 31 heavy (non-hydrogen) atoms. The Hall–Kier alpha value is -2.81. The van der Waals surface area contributed by atoms with E-state index in [1.807, 2.05) is 0 Å². The highest BCUT2D eigenvalue weighted by Crippen LogP contribution is 2.28. The number of alkyl carbamates (subject to hydrolysis) is 1. The van der Waals surface area contributed by atoms with Crippen molar-refractivity contribution in [2.75, 3.05) is 34.5 Å². The third-order valence-corrected chi connectivity index (χ3v) is 3.99. The van der Waals surface area contributed by atoms with Crippen LogP contribution in [-0.4, -0.2) is 64.0 Å². The van der Waals surface area contributed by atoms with Gasteiger partial charge in [-0.25, -0.2) is 9.59 Å². The molecule has 0 aliphatic rings. The Kier molecular flexibility index (Phi) is 10.8. The number of Topliss-reactive ketones (excluding diaryl/α,β-unsaturated/α-hetero) is 1. The number of hydrogen-bond acceptors (Lipinski definition) is 8. The Morgan fingerprint density at radius 2 is 1.74 bits per heavy atom. The zero-order valence-corrected chi connectivity index (χ0v) is 19.1. The molecule has 9 heteroatoms. The van der Waals surface area contributed by atoms with E-state index < -0.39 is 23.7 Å². The second-order valence-corrected chi connectivity index (χ2v) is 7.82. The molecule has 1 atom stereocenters. The largest absolute Gasteiger partial charge is 0.493 e. The number of ketones is 1. The summed E-state index contributed by atoms with van der Waals surface area (Å²) in [6, 6.07) is 4.03. The minimum absolute atomic E-state index is 0.0436. The molecule has 1 N–H and O–H groups in total. The molecule has 174 valence electrons. The van der Waals surface area contributed by atoms with Crippen molar-refractivity contribution >= 4 is 17.8 Å². The lowest BCUT2D eigenvalue weighted by Crippen LogP contribution is -2.45. The van der Waals surface area contributed by atoms with Crippen LogP contribution >= 0.6 is 0 Å². The van der Waals surface area contributed by atoms with Crippen molar-refractivity contribution in [3.05, 3.63) is 23.8 Å². The maximum atomic E-state index is 12.6. The van der Waals surface area contributed by atoms with Crippen LogP contribution in [0.3, 0.4) is 0 Å². The number of ether oxygens (including phenoxy) is 5. The number of nitrogens with one attached hydrogen (secondary N) is 1. The van der Waals surface area contributed by atoms with Gasteiger partial charge in [0.2, 0.25) is 0 Å². The summed E-state index contributed by atoms with van der Waals surface area (Å²) in [5.74, 6) is 0.0750. The first kappa shape index (κ1) is 26.2. The van der Waals surface area contributed by atoms with E-state index in [2.05, 4.69) is 5.32 Å². The van der Waals surface area contributed by atoms with Crippen LogP contribution in [0.15, 0.2) is 18.2 Å². The van der Waals surface area contributed by atoms with Crippen LogP contribution in [0, 0.1) is 0 Å². The summed E-state index contributed by atoms with van der Waals surface area (Å²) in [7, 11) is 4.34. The molecule has 0 saturated carbocycles. The van der Waals surface area contributed by atoms with E-state index >= 15 is 0 Å². The van der Waals surface area contributed by atoms with Crippen molar-refractivity contribution in [3.8, 4) is 11.5 Å². The van der Waals surface area contributed by atoms with Gasteiger partial charge in [0.05, 0.1) is 20.8 Å². The van der Waals surface area contributed by atoms with Crippen molar-refractivity contribution in [2.24, 2.45) is 0 Å². The van der Waals surface area contributed by atoms with E-state index in [4.69, 9.17) is 23.7 Å². The lowest BCUT2D eigenvalue weighted by atomic mass is 10.0. The van der Waals surface area contributed by atoms with Crippen molar-refractivity contribution in [1.29, 1.82) is 0 Å². The molecule has 1 rings (SSSR count). The topological polar surface area (TPSA) is 109 Å². The van der Waals surface area contributed by atoms with Gasteiger partial charge in [-0.05, 0) is 38.5 Å². The summed E-state index contributed by atoms with van der Waals surface area (Å²) in [5, 5.41) is 2.40. The van der Waals surface area contributed by atoms with Gasteiger partial charge in [-0.15, -0.1) is 0 Å². The normalized spacial score (nSPS) is 11.9. The number of carbonyl (C=O) groups is 3. The van der Waals surface area contributed by atoms with E-state index in [0.29, 0.717) is 36.7 Å². The van der Waals surface area contributed by atoms with Gasteiger partial charge in [-0.3, -0.25) is 4.79 Å². The molecule has 0 aliphatic heterocycles. The van der Waals surface area contributed by atoms with Crippen LogP contribution in [-0.2, 0) is 30.2 Å². The minimum atomic E-state index is -1.14. The Morgan fingerprint density at radius 1 is 1.03 bits per heavy atom. The van der Waals surface area contributed by atoms with Crippen molar-refractivity contribution < 1.29 is 38.1 Å². The fourth-order valence-corrected chi connectivity index (χ4v) is 2.64. The monoisotopic (exact) mass is 439 g/mol. The SMILES string of the molecule is COCCCOc1cc(CC(=O)C[C@H](NC(=O)OC(C)(C)C)C(=O)OC)ccc1OC. The van der Waals surface area contributed by atoms with Crippen LogP contribution in [0.5, 0.6) is 11.5 Å². The summed E-state index contributed by atoms with van der Waals surface area (Å²) >= 11 is 0. The summed E-state index contributed by atoms with van der Waals surface area (Å²) in [6.45, 7) is 6.10. The van der Waals surface area contributed by atoms with E-state index in [9.17, 15) is 14.4 Å². The van der Waals surface area contributed by atoms with Gasteiger partial charge in [0.15, 0.2) is 11.5 Å². The lowest BCUT2D eigenvalue weighted by molar-refractivity contribution is -0.144. The average molecular weight is 440 g/mol. The number of esters is 1. The third kappa shape index (κ3) is 10.2. The first-order chi connectivity index (χ1) is 14.6. The van der Waals surface area contributed by atoms with Gasteiger partial charge >= 0.3 is 12.1 Å². The van der Waals surface area contributed by atoms with Gasteiger partial charge < -0.3 is 29.0 Å². The fourth-order valence-electron chi connectivity index (χ4n) is 2.64. The van der Waals surface area contributed by atoms with Crippen molar-refractivity contribution in [1.82, 2.24) is 5.32 Å². The summed E-state index contributed by atoms with van der Waals surface area (Å²) in [6.07, 6.45) is -0.281. The molecule has 0 unspecified atom stereocenters. The second kappa shape index (κ2) is 12.8. The van der Waals surface area contributed by atoms with Crippen molar-refractivity contribution in [3.63, 3.8) is 0 Å². The molecule has 0 aromatic heterocycles. The van der Waals surface area contributed by atoms with E-state index in [1.54, 1.807) is 46.1 Å². The standard InChI is InChI=1S/C22H33NO8/c1-22(2,3)31-21(26)23-17(20(25)29-6)14-16(24)12-15-8-9-18(28-5)19(13-15)30-11-7-10-27-4/h8-9,13,17H,7,10-12,14H2,1-6H3,(H,23,26)/t17-/m0/s1. The predicted molar refractivity (Wildman–Crippen MR) is 113 cm³/mol. The van der Waals surface area contributed by atoms with Crippen molar-refractivity contribution in [2.45, 2.75) is 51.7 Å². The highest BCUT2D eigenvalue weighted by atomic mass is 16.6. The Bertz CT molecular complexity index is 742. The fraction of sp³-hybridized carbons (Fsp3) is 0.591. The summed E-state index contributed by atoms with van der Waals surface area (Å²) in [5.41, 5.74) is -0.0502. The Balaban J connectivity index is 2.80. The quantitative estimate of drug-likeness (QED) is 0.391. The predicted octanol–water partition coefficient (Wildman–Crippen LogP) is 2.68. The van der Waals surface area contributed by atoms with Gasteiger partial charge in [0, 0.05) is 33.0 Å². The third-order valence-electron chi connectivity index (χ3n) is 3.99. The molecule has 9 nitrogen and oxygen atoms in total. The molecule has 0 fully saturated rings. The molecule has 0 radical (unpaired) electrons. The molecule has 0 aliphatic carbocycles. The molecule has 1 aromatic carbocycles. The van der Waals surface area contributed by atoms with E-state index in [-0.39, 0.29) is 18.6 Å². The smallest absolute Gasteiger partial charge is 0.408 e.